The SMILES string of the molecule is CCC(C)(C)C1CCC(N)C(OCCOC(C)C)C1. The molecule has 0 amide bonds. The Labute approximate surface area is 119 Å². The zero-order valence-corrected chi connectivity index (χ0v) is 13.4. The molecule has 0 aromatic heterocycles. The van der Waals surface area contributed by atoms with E-state index in [2.05, 4.69) is 20.8 Å². The molecule has 3 nitrogen and oxygen atoms in total. The average molecular weight is 271 g/mol. The first-order valence-electron chi connectivity index (χ1n) is 7.85. The molecule has 2 N–H and O–H groups in total. The quantitative estimate of drug-likeness (QED) is 0.722. The van der Waals surface area contributed by atoms with E-state index < -0.39 is 0 Å². The summed E-state index contributed by atoms with van der Waals surface area (Å²) in [6.45, 7) is 12.4. The molecule has 3 heteroatoms. The lowest BCUT2D eigenvalue weighted by Gasteiger charge is -2.41. The maximum Gasteiger partial charge on any atom is 0.0729 e. The molecule has 0 spiro atoms. The molecule has 0 radical (unpaired) electrons. The highest BCUT2D eigenvalue weighted by atomic mass is 16.5. The van der Waals surface area contributed by atoms with Gasteiger partial charge in [0.1, 0.15) is 0 Å². The lowest BCUT2D eigenvalue weighted by Crippen LogP contribution is -2.45. The third-order valence-corrected chi connectivity index (χ3v) is 4.73. The summed E-state index contributed by atoms with van der Waals surface area (Å²) in [6.07, 6.45) is 5.13. The van der Waals surface area contributed by atoms with Crippen LogP contribution in [-0.2, 0) is 9.47 Å². The van der Waals surface area contributed by atoms with Gasteiger partial charge in [-0.3, -0.25) is 0 Å². The predicted molar refractivity (Wildman–Crippen MR) is 80.2 cm³/mol. The first-order chi connectivity index (χ1) is 8.86. The van der Waals surface area contributed by atoms with Gasteiger partial charge in [-0.05, 0) is 44.4 Å². The molecular weight excluding hydrogens is 238 g/mol. The molecule has 1 fully saturated rings. The Morgan fingerprint density at radius 1 is 1.21 bits per heavy atom. The van der Waals surface area contributed by atoms with Gasteiger partial charge in [0.05, 0.1) is 25.4 Å². The maximum atomic E-state index is 6.20. The molecule has 0 saturated heterocycles. The van der Waals surface area contributed by atoms with Gasteiger partial charge in [0.25, 0.3) is 0 Å². The van der Waals surface area contributed by atoms with Crippen molar-refractivity contribution in [2.75, 3.05) is 13.2 Å². The van der Waals surface area contributed by atoms with Crippen molar-refractivity contribution < 1.29 is 9.47 Å². The van der Waals surface area contributed by atoms with Crippen molar-refractivity contribution in [3.63, 3.8) is 0 Å². The van der Waals surface area contributed by atoms with Crippen molar-refractivity contribution in [3.05, 3.63) is 0 Å². The van der Waals surface area contributed by atoms with Gasteiger partial charge >= 0.3 is 0 Å². The van der Waals surface area contributed by atoms with Crippen LogP contribution in [0.25, 0.3) is 0 Å². The molecule has 1 saturated carbocycles. The van der Waals surface area contributed by atoms with E-state index in [1.54, 1.807) is 0 Å². The fourth-order valence-electron chi connectivity index (χ4n) is 2.83. The number of ether oxygens (including phenoxy) is 2. The van der Waals surface area contributed by atoms with Gasteiger partial charge in [0, 0.05) is 6.04 Å². The van der Waals surface area contributed by atoms with Gasteiger partial charge in [0.2, 0.25) is 0 Å². The monoisotopic (exact) mass is 271 g/mol. The van der Waals surface area contributed by atoms with E-state index in [0.717, 1.165) is 18.8 Å². The molecule has 19 heavy (non-hydrogen) atoms. The van der Waals surface area contributed by atoms with Crippen LogP contribution in [0.2, 0.25) is 0 Å². The molecule has 0 aliphatic heterocycles. The van der Waals surface area contributed by atoms with Crippen LogP contribution in [0.3, 0.4) is 0 Å². The van der Waals surface area contributed by atoms with Gasteiger partial charge < -0.3 is 15.2 Å². The Kier molecular flexibility index (Phi) is 6.78. The van der Waals surface area contributed by atoms with Gasteiger partial charge in [-0.2, -0.15) is 0 Å². The van der Waals surface area contributed by atoms with Gasteiger partial charge in [-0.25, -0.2) is 0 Å². The summed E-state index contributed by atoms with van der Waals surface area (Å²) in [5.74, 6) is 0.730. The van der Waals surface area contributed by atoms with Crippen LogP contribution in [0.5, 0.6) is 0 Å². The topological polar surface area (TPSA) is 44.5 Å². The smallest absolute Gasteiger partial charge is 0.0729 e. The van der Waals surface area contributed by atoms with E-state index in [1.165, 1.54) is 12.8 Å². The summed E-state index contributed by atoms with van der Waals surface area (Å²) in [5.41, 5.74) is 6.60. The van der Waals surface area contributed by atoms with Crippen molar-refractivity contribution in [2.45, 2.75) is 78.6 Å². The van der Waals surface area contributed by atoms with Crippen LogP contribution in [-0.4, -0.2) is 31.5 Å². The van der Waals surface area contributed by atoms with Crippen LogP contribution in [0, 0.1) is 11.3 Å². The fourth-order valence-corrected chi connectivity index (χ4v) is 2.83. The maximum absolute atomic E-state index is 6.20. The normalized spacial score (nSPS) is 28.9. The Morgan fingerprint density at radius 2 is 1.89 bits per heavy atom. The summed E-state index contributed by atoms with van der Waals surface area (Å²) >= 11 is 0. The van der Waals surface area contributed by atoms with E-state index >= 15 is 0 Å². The standard InChI is InChI=1S/C16H33NO2/c1-6-16(4,5)13-7-8-14(17)15(11-13)19-10-9-18-12(2)3/h12-15H,6-11,17H2,1-5H3. The highest BCUT2D eigenvalue weighted by Crippen LogP contribution is 2.40. The van der Waals surface area contributed by atoms with Crippen molar-refractivity contribution in [1.29, 1.82) is 0 Å². The number of rotatable bonds is 7. The predicted octanol–water partition coefficient (Wildman–Crippen LogP) is 3.36. The van der Waals surface area contributed by atoms with Crippen LogP contribution in [0.4, 0.5) is 0 Å². The first kappa shape index (κ1) is 16.9. The molecule has 3 unspecified atom stereocenters. The highest BCUT2D eigenvalue weighted by molar-refractivity contribution is 4.89. The van der Waals surface area contributed by atoms with E-state index in [-0.39, 0.29) is 18.2 Å². The summed E-state index contributed by atoms with van der Waals surface area (Å²) in [7, 11) is 0. The fraction of sp³-hybridized carbons (Fsp3) is 1.00. The van der Waals surface area contributed by atoms with Crippen molar-refractivity contribution in [1.82, 2.24) is 0 Å². The summed E-state index contributed by atoms with van der Waals surface area (Å²) in [4.78, 5) is 0. The Balaban J connectivity index is 2.39. The minimum atomic E-state index is 0.197. The molecule has 114 valence electrons. The number of hydrogen-bond acceptors (Lipinski definition) is 3. The molecular formula is C16H33NO2. The third-order valence-electron chi connectivity index (χ3n) is 4.73. The van der Waals surface area contributed by atoms with E-state index in [1.807, 2.05) is 13.8 Å². The second-order valence-electron chi connectivity index (χ2n) is 6.84. The number of hydrogen-bond donors (Lipinski definition) is 1. The van der Waals surface area contributed by atoms with E-state index in [9.17, 15) is 0 Å². The summed E-state index contributed by atoms with van der Waals surface area (Å²) < 4.78 is 11.5. The van der Waals surface area contributed by atoms with Crippen molar-refractivity contribution in [3.8, 4) is 0 Å². The van der Waals surface area contributed by atoms with Crippen molar-refractivity contribution >= 4 is 0 Å². The summed E-state index contributed by atoms with van der Waals surface area (Å²) in [5, 5.41) is 0. The first-order valence-corrected chi connectivity index (χ1v) is 7.85. The molecule has 0 aromatic carbocycles. The Bertz CT molecular complexity index is 253. The largest absolute Gasteiger partial charge is 0.376 e. The highest BCUT2D eigenvalue weighted by Gasteiger charge is 2.36. The van der Waals surface area contributed by atoms with Crippen LogP contribution < -0.4 is 5.73 Å². The minimum Gasteiger partial charge on any atom is -0.376 e. The molecule has 3 atom stereocenters. The average Bonchev–Trinajstić information content (AvgIpc) is 2.36. The van der Waals surface area contributed by atoms with E-state index in [4.69, 9.17) is 15.2 Å². The molecule has 0 bridgehead atoms. The van der Waals surface area contributed by atoms with Gasteiger partial charge in [0.15, 0.2) is 0 Å². The zero-order chi connectivity index (χ0) is 14.5. The second-order valence-corrected chi connectivity index (χ2v) is 6.84. The van der Waals surface area contributed by atoms with Crippen LogP contribution in [0.1, 0.15) is 60.3 Å². The lowest BCUT2D eigenvalue weighted by atomic mass is 9.68. The van der Waals surface area contributed by atoms with Crippen LogP contribution >= 0.6 is 0 Å². The lowest BCUT2D eigenvalue weighted by molar-refractivity contribution is -0.0516. The zero-order valence-electron chi connectivity index (χ0n) is 13.4. The minimum absolute atomic E-state index is 0.197. The summed E-state index contributed by atoms with van der Waals surface area (Å²) in [6, 6.07) is 0.197. The Morgan fingerprint density at radius 3 is 2.47 bits per heavy atom. The molecule has 1 aliphatic rings. The molecule has 0 aromatic rings. The van der Waals surface area contributed by atoms with Gasteiger partial charge in [-0.1, -0.05) is 27.2 Å². The number of nitrogens with two attached hydrogens (primary N) is 1. The van der Waals surface area contributed by atoms with Crippen molar-refractivity contribution in [2.24, 2.45) is 17.1 Å². The van der Waals surface area contributed by atoms with Crippen LogP contribution in [0.15, 0.2) is 0 Å². The van der Waals surface area contributed by atoms with E-state index in [0.29, 0.717) is 18.6 Å². The second kappa shape index (κ2) is 7.61. The molecule has 1 aliphatic carbocycles. The molecule has 1 rings (SSSR count). The Hall–Kier alpha value is -0.120. The molecule has 0 heterocycles. The van der Waals surface area contributed by atoms with Gasteiger partial charge in [-0.15, -0.1) is 0 Å². The third kappa shape index (κ3) is 5.41.